The van der Waals surface area contributed by atoms with Crippen LogP contribution in [-0.2, 0) is 95.2 Å². The van der Waals surface area contributed by atoms with Gasteiger partial charge < -0.3 is 56.8 Å². The van der Waals surface area contributed by atoms with E-state index in [1.54, 1.807) is 0 Å². The number of ether oxygens (including phenoxy) is 12. The molecule has 2 saturated heterocycles. The Kier molecular flexibility index (Phi) is 14.4. The summed E-state index contributed by atoms with van der Waals surface area (Å²) in [5.74, 6) is -6.86. The second kappa shape index (κ2) is 18.0. The highest BCUT2D eigenvalue weighted by molar-refractivity contribution is 5.85. The Morgan fingerprint density at radius 2 is 0.902 bits per heavy atom. The van der Waals surface area contributed by atoms with Crippen molar-refractivity contribution in [3.8, 4) is 0 Å². The smallest absolute Gasteiger partial charge is 0.333 e. The van der Waals surface area contributed by atoms with Crippen LogP contribution in [0.4, 0.5) is 0 Å². The quantitative estimate of drug-likeness (QED) is 0.170. The third-order valence-electron chi connectivity index (χ3n) is 7.08. The van der Waals surface area contributed by atoms with E-state index in [-0.39, 0.29) is 0 Å². The Hall–Kier alpha value is -4.66. The molecule has 0 saturated carbocycles. The van der Waals surface area contributed by atoms with E-state index in [1.807, 2.05) is 0 Å². The molecule has 0 amide bonds. The Morgan fingerprint density at radius 3 is 1.29 bits per heavy atom. The molecule has 3 heterocycles. The van der Waals surface area contributed by atoms with Crippen LogP contribution in [0.1, 0.15) is 55.4 Å². The molecule has 3 rings (SSSR count). The highest BCUT2D eigenvalue weighted by Crippen LogP contribution is 2.36. The van der Waals surface area contributed by atoms with Crippen molar-refractivity contribution in [3.05, 3.63) is 11.6 Å². The molecule has 0 bridgehead atoms. The Labute approximate surface area is 291 Å². The van der Waals surface area contributed by atoms with Crippen LogP contribution in [-0.4, -0.2) is 129 Å². The van der Waals surface area contributed by atoms with E-state index in [2.05, 4.69) is 0 Å². The molecule has 6 unspecified atom stereocenters. The van der Waals surface area contributed by atoms with Gasteiger partial charge in [0.1, 0.15) is 31.5 Å². The zero-order valence-corrected chi connectivity index (χ0v) is 29.0. The molecule has 51 heavy (non-hydrogen) atoms. The SMILES string of the molecule is CC(=O)OCC1O[C@@H](O[C@H]2C(OC(C)=O)C(OC(C)=O)[C@H](OC3OC(=O)C=C3C)O[C@H]2COC(C)=O)C(OC(C)=O)C(OC(C)=O)[C@@H]1OC(C)=O. The predicted octanol–water partition coefficient (Wildman–Crippen LogP) is -0.548. The van der Waals surface area contributed by atoms with Gasteiger partial charge in [-0.3, -0.25) is 33.6 Å². The molecule has 0 aromatic carbocycles. The van der Waals surface area contributed by atoms with Gasteiger partial charge >= 0.3 is 47.8 Å². The first-order valence-electron chi connectivity index (χ1n) is 15.5. The van der Waals surface area contributed by atoms with Crippen molar-refractivity contribution in [2.45, 2.75) is 123 Å². The summed E-state index contributed by atoms with van der Waals surface area (Å²) in [5.41, 5.74) is 0.307. The monoisotopic (exact) mass is 732 g/mol. The molecule has 0 aromatic heterocycles. The molecule has 0 spiro atoms. The van der Waals surface area contributed by atoms with Crippen molar-refractivity contribution in [1.82, 2.24) is 0 Å². The van der Waals surface area contributed by atoms with Gasteiger partial charge in [-0.25, -0.2) is 4.79 Å². The fourth-order valence-electron chi connectivity index (χ4n) is 5.33. The van der Waals surface area contributed by atoms with Crippen LogP contribution in [0.25, 0.3) is 0 Å². The summed E-state index contributed by atoms with van der Waals surface area (Å²) in [7, 11) is 0. The molecule has 20 heteroatoms. The second-order valence-corrected chi connectivity index (χ2v) is 11.5. The van der Waals surface area contributed by atoms with E-state index in [1.165, 1.54) is 6.92 Å². The standard InChI is InChI=1S/C31H40O20/c1-12-9-22(39)49-29(12)51-31-28(46-19(8)38)26(44-17(6)36)24(21(48-31)11-41-14(3)33)50-30-27(45-18(7)37)25(43-16(5)35)23(42-15(4)34)20(47-30)10-40-13(2)32/h9,20-21,23-31H,10-11H2,1-8H3/t20?,21-,23+,24+,25?,26?,27?,28?,29?,30-,31-/m0/s1. The minimum atomic E-state index is -1.84. The minimum absolute atomic E-state index is 0.307. The molecule has 2 fully saturated rings. The molecule has 0 N–H and O–H groups in total. The highest BCUT2D eigenvalue weighted by atomic mass is 16.8. The first-order valence-corrected chi connectivity index (χ1v) is 15.5. The first kappa shape index (κ1) is 40.8. The van der Waals surface area contributed by atoms with Gasteiger partial charge in [0.2, 0.25) is 12.6 Å². The predicted molar refractivity (Wildman–Crippen MR) is 158 cm³/mol. The topological polar surface area (TPSA) is 247 Å². The van der Waals surface area contributed by atoms with Crippen molar-refractivity contribution in [2.24, 2.45) is 0 Å². The number of carbonyl (C=O) groups is 8. The van der Waals surface area contributed by atoms with Crippen LogP contribution >= 0.6 is 0 Å². The zero-order valence-electron chi connectivity index (χ0n) is 29.0. The van der Waals surface area contributed by atoms with E-state index in [4.69, 9.17) is 56.8 Å². The number of rotatable bonds is 13. The van der Waals surface area contributed by atoms with Crippen LogP contribution < -0.4 is 0 Å². The lowest BCUT2D eigenvalue weighted by Crippen LogP contribution is -2.67. The van der Waals surface area contributed by atoms with E-state index in [9.17, 15) is 38.4 Å². The van der Waals surface area contributed by atoms with Gasteiger partial charge in [0.15, 0.2) is 36.8 Å². The first-order chi connectivity index (χ1) is 23.9. The molecule has 284 valence electrons. The molecule has 0 radical (unpaired) electrons. The van der Waals surface area contributed by atoms with E-state index < -0.39 is 129 Å². The average Bonchev–Trinajstić information content (AvgIpc) is 3.31. The largest absolute Gasteiger partial charge is 0.463 e. The Balaban J connectivity index is 2.15. The Morgan fingerprint density at radius 1 is 0.529 bits per heavy atom. The van der Waals surface area contributed by atoms with Gasteiger partial charge in [-0.1, -0.05) is 0 Å². The van der Waals surface area contributed by atoms with Crippen LogP contribution in [0.15, 0.2) is 11.6 Å². The van der Waals surface area contributed by atoms with Gasteiger partial charge in [-0.15, -0.1) is 0 Å². The van der Waals surface area contributed by atoms with Crippen LogP contribution in [0.2, 0.25) is 0 Å². The normalized spacial score (nSPS) is 31.6. The van der Waals surface area contributed by atoms with Gasteiger partial charge in [-0.05, 0) is 6.92 Å². The number of hydrogen-bond acceptors (Lipinski definition) is 20. The maximum Gasteiger partial charge on any atom is 0.333 e. The van der Waals surface area contributed by atoms with Gasteiger partial charge in [0, 0.05) is 60.1 Å². The lowest BCUT2D eigenvalue weighted by atomic mass is 9.96. The van der Waals surface area contributed by atoms with Crippen molar-refractivity contribution in [3.63, 3.8) is 0 Å². The minimum Gasteiger partial charge on any atom is -0.463 e. The molecule has 3 aliphatic heterocycles. The van der Waals surface area contributed by atoms with E-state index in [0.717, 1.165) is 54.5 Å². The summed E-state index contributed by atoms with van der Waals surface area (Å²) in [6.07, 6.45) is -16.5. The van der Waals surface area contributed by atoms with Gasteiger partial charge in [0.05, 0.1) is 0 Å². The van der Waals surface area contributed by atoms with Crippen molar-refractivity contribution >= 4 is 47.8 Å². The van der Waals surface area contributed by atoms with Crippen molar-refractivity contribution < 1.29 is 95.2 Å². The van der Waals surface area contributed by atoms with Crippen molar-refractivity contribution in [1.29, 1.82) is 0 Å². The third kappa shape index (κ3) is 11.7. The lowest BCUT2D eigenvalue weighted by Gasteiger charge is -2.48. The van der Waals surface area contributed by atoms with Crippen LogP contribution in [0.5, 0.6) is 0 Å². The van der Waals surface area contributed by atoms with Crippen LogP contribution in [0, 0.1) is 0 Å². The summed E-state index contributed by atoms with van der Waals surface area (Å²) in [6, 6.07) is 0. The number of hydrogen-bond donors (Lipinski definition) is 0. The Bertz CT molecular complexity index is 1390. The maximum atomic E-state index is 12.5. The molecule has 11 atom stereocenters. The molecule has 0 aliphatic carbocycles. The number of esters is 8. The van der Waals surface area contributed by atoms with Crippen LogP contribution in [0.3, 0.4) is 0 Å². The lowest BCUT2D eigenvalue weighted by molar-refractivity contribution is -0.368. The highest BCUT2D eigenvalue weighted by Gasteiger charge is 2.58. The summed E-state index contributed by atoms with van der Waals surface area (Å²) in [5, 5.41) is 0. The maximum absolute atomic E-state index is 12.5. The van der Waals surface area contributed by atoms with Gasteiger partial charge in [0.25, 0.3) is 0 Å². The molecule has 3 aliphatic rings. The van der Waals surface area contributed by atoms with E-state index >= 15 is 0 Å². The summed E-state index contributed by atoms with van der Waals surface area (Å²) >= 11 is 0. The fraction of sp³-hybridized carbons (Fsp3) is 0.677. The average molecular weight is 733 g/mol. The summed E-state index contributed by atoms with van der Waals surface area (Å²) in [6.45, 7) is 7.59. The summed E-state index contributed by atoms with van der Waals surface area (Å²) < 4.78 is 66.9. The molecular formula is C31H40O20. The molecule has 20 nitrogen and oxygen atoms in total. The van der Waals surface area contributed by atoms with Gasteiger partial charge in [-0.2, -0.15) is 0 Å². The summed E-state index contributed by atoms with van der Waals surface area (Å²) in [4.78, 5) is 97.2. The molecule has 0 aromatic rings. The fourth-order valence-corrected chi connectivity index (χ4v) is 5.33. The second-order valence-electron chi connectivity index (χ2n) is 11.5. The third-order valence-corrected chi connectivity index (χ3v) is 7.08. The number of cyclic esters (lactones) is 1. The van der Waals surface area contributed by atoms with E-state index in [0.29, 0.717) is 5.57 Å². The zero-order chi connectivity index (χ0) is 38.2. The number of carbonyl (C=O) groups excluding carboxylic acids is 8. The molecular weight excluding hydrogens is 692 g/mol. The van der Waals surface area contributed by atoms with Crippen molar-refractivity contribution in [2.75, 3.05) is 13.2 Å².